The number of nitrogens with zero attached hydrogens (tertiary/aromatic N) is 3. The molecule has 1 saturated carbocycles. The van der Waals surface area contributed by atoms with Crippen LogP contribution in [0.5, 0.6) is 0 Å². The molecule has 1 aliphatic rings. The molecule has 6 N–H and O–H groups in total. The lowest BCUT2D eigenvalue weighted by atomic mass is 10.1. The molecule has 8 heteroatoms. The second-order valence-electron chi connectivity index (χ2n) is 7.68. The molecule has 0 saturated heterocycles. The molecule has 1 aromatic rings. The van der Waals surface area contributed by atoms with Crippen LogP contribution in [0.15, 0.2) is 11.4 Å². The van der Waals surface area contributed by atoms with Crippen molar-refractivity contribution in [1.29, 1.82) is 0 Å². The Morgan fingerprint density at radius 2 is 2.08 bits per heavy atom. The Labute approximate surface area is 148 Å². The van der Waals surface area contributed by atoms with Crippen LogP contribution in [0.3, 0.4) is 0 Å². The molecule has 2 rings (SSSR count). The van der Waals surface area contributed by atoms with E-state index in [1.54, 1.807) is 6.20 Å². The molecular weight excluding hydrogens is 320 g/mol. The van der Waals surface area contributed by atoms with E-state index in [2.05, 4.69) is 25.8 Å². The van der Waals surface area contributed by atoms with Crippen molar-refractivity contribution in [1.82, 2.24) is 9.97 Å². The molecule has 0 bridgehead atoms. The highest BCUT2D eigenvalue weighted by atomic mass is 16.4. The lowest BCUT2D eigenvalue weighted by Crippen LogP contribution is -2.29. The van der Waals surface area contributed by atoms with Crippen molar-refractivity contribution in [3.8, 4) is 0 Å². The van der Waals surface area contributed by atoms with Gasteiger partial charge in [-0.15, -0.1) is 5.16 Å². The van der Waals surface area contributed by atoms with Crippen molar-refractivity contribution < 1.29 is 10.3 Å². The van der Waals surface area contributed by atoms with Crippen LogP contribution >= 0.6 is 0 Å². The summed E-state index contributed by atoms with van der Waals surface area (Å²) in [5, 5.41) is 28.5. The maximum Gasteiger partial charge on any atom is 0.225 e. The van der Waals surface area contributed by atoms with E-state index in [0.29, 0.717) is 23.8 Å². The number of hydrogen-bond acceptors (Lipinski definition) is 8. The molecule has 8 nitrogen and oxygen atoms in total. The molecule has 1 aliphatic carbocycles. The monoisotopic (exact) mass is 350 g/mol. The summed E-state index contributed by atoms with van der Waals surface area (Å²) in [6, 6.07) is -0.501. The molecule has 1 aromatic heterocycles. The Morgan fingerprint density at radius 1 is 1.36 bits per heavy atom. The SMILES string of the molecule is CC(C)(C)Nc1ncc(C(N)/C=N/O)c(N[C@@H]2CCCC[C@H](O)C2)n1. The highest BCUT2D eigenvalue weighted by Gasteiger charge is 2.22. The van der Waals surface area contributed by atoms with Crippen LogP contribution in [-0.4, -0.2) is 44.2 Å². The molecule has 0 spiro atoms. The highest BCUT2D eigenvalue weighted by molar-refractivity contribution is 5.70. The first kappa shape index (κ1) is 19.4. The van der Waals surface area contributed by atoms with Gasteiger partial charge in [-0.25, -0.2) is 4.98 Å². The number of aliphatic hydroxyl groups excluding tert-OH is 1. The number of rotatable bonds is 5. The van der Waals surface area contributed by atoms with Crippen LogP contribution in [0.1, 0.15) is 64.5 Å². The van der Waals surface area contributed by atoms with Gasteiger partial charge in [0, 0.05) is 23.3 Å². The van der Waals surface area contributed by atoms with Gasteiger partial charge in [0.15, 0.2) is 0 Å². The van der Waals surface area contributed by atoms with E-state index in [-0.39, 0.29) is 17.7 Å². The first-order valence-corrected chi connectivity index (χ1v) is 8.81. The fourth-order valence-corrected chi connectivity index (χ4v) is 2.96. The molecule has 0 aromatic carbocycles. The zero-order chi connectivity index (χ0) is 18.4. The fraction of sp³-hybridized carbons (Fsp3) is 0.706. The minimum absolute atomic E-state index is 0.118. The van der Waals surface area contributed by atoms with Gasteiger partial charge in [-0.1, -0.05) is 12.8 Å². The summed E-state index contributed by atoms with van der Waals surface area (Å²) in [6.07, 6.45) is 7.15. The van der Waals surface area contributed by atoms with E-state index in [1.807, 2.05) is 20.8 Å². The third-order valence-electron chi connectivity index (χ3n) is 4.13. The predicted molar refractivity (Wildman–Crippen MR) is 99.1 cm³/mol. The summed E-state index contributed by atoms with van der Waals surface area (Å²) in [4.78, 5) is 8.89. The molecule has 0 aliphatic heterocycles. The maximum atomic E-state index is 10.0. The van der Waals surface area contributed by atoms with E-state index >= 15 is 0 Å². The zero-order valence-electron chi connectivity index (χ0n) is 15.2. The molecule has 3 atom stereocenters. The average molecular weight is 350 g/mol. The molecule has 25 heavy (non-hydrogen) atoms. The van der Waals surface area contributed by atoms with Crippen LogP contribution < -0.4 is 16.4 Å². The zero-order valence-corrected chi connectivity index (χ0v) is 15.2. The number of oxime groups is 1. The van der Waals surface area contributed by atoms with Crippen molar-refractivity contribution in [3.63, 3.8) is 0 Å². The van der Waals surface area contributed by atoms with Crippen LogP contribution in [-0.2, 0) is 0 Å². The number of anilines is 2. The normalized spacial score (nSPS) is 23.2. The summed E-state index contributed by atoms with van der Waals surface area (Å²) in [5.74, 6) is 1.11. The van der Waals surface area contributed by atoms with Crippen LogP contribution in [0.2, 0.25) is 0 Å². The molecule has 1 heterocycles. The van der Waals surface area contributed by atoms with Crippen LogP contribution in [0.4, 0.5) is 11.8 Å². The molecule has 140 valence electrons. The van der Waals surface area contributed by atoms with Crippen molar-refractivity contribution in [3.05, 3.63) is 11.8 Å². The third kappa shape index (κ3) is 6.13. The molecule has 1 unspecified atom stereocenters. The van der Waals surface area contributed by atoms with Gasteiger partial charge in [0.1, 0.15) is 5.82 Å². The van der Waals surface area contributed by atoms with Gasteiger partial charge < -0.3 is 26.7 Å². The summed E-state index contributed by atoms with van der Waals surface area (Å²) in [7, 11) is 0. The average Bonchev–Trinajstić information content (AvgIpc) is 2.70. The van der Waals surface area contributed by atoms with E-state index in [9.17, 15) is 5.11 Å². The molecule has 1 fully saturated rings. The lowest BCUT2D eigenvalue weighted by molar-refractivity contribution is 0.154. The summed E-state index contributed by atoms with van der Waals surface area (Å²) >= 11 is 0. The summed E-state index contributed by atoms with van der Waals surface area (Å²) in [5.41, 5.74) is 6.52. The number of hydrogen-bond donors (Lipinski definition) is 5. The first-order chi connectivity index (χ1) is 11.8. The van der Waals surface area contributed by atoms with Gasteiger partial charge in [0.25, 0.3) is 0 Å². The Hall–Kier alpha value is -1.93. The second-order valence-corrected chi connectivity index (χ2v) is 7.68. The molecular formula is C17H30N6O2. The molecule has 0 radical (unpaired) electrons. The van der Waals surface area contributed by atoms with E-state index < -0.39 is 6.04 Å². The van der Waals surface area contributed by atoms with Crippen molar-refractivity contribution in [2.24, 2.45) is 10.9 Å². The number of aromatic nitrogens is 2. The Morgan fingerprint density at radius 3 is 2.76 bits per heavy atom. The highest BCUT2D eigenvalue weighted by Crippen LogP contribution is 2.25. The lowest BCUT2D eigenvalue weighted by Gasteiger charge is -2.24. The van der Waals surface area contributed by atoms with Crippen molar-refractivity contribution >= 4 is 18.0 Å². The van der Waals surface area contributed by atoms with E-state index in [0.717, 1.165) is 25.7 Å². The van der Waals surface area contributed by atoms with E-state index in [1.165, 1.54) is 6.21 Å². The van der Waals surface area contributed by atoms with E-state index in [4.69, 9.17) is 10.9 Å². The summed E-state index contributed by atoms with van der Waals surface area (Å²) in [6.45, 7) is 6.09. The van der Waals surface area contributed by atoms with Gasteiger partial charge >= 0.3 is 0 Å². The second kappa shape index (κ2) is 8.44. The van der Waals surface area contributed by atoms with Gasteiger partial charge in [0.2, 0.25) is 5.95 Å². The van der Waals surface area contributed by atoms with Crippen LogP contribution in [0.25, 0.3) is 0 Å². The minimum Gasteiger partial charge on any atom is -0.411 e. The Bertz CT molecular complexity index is 587. The van der Waals surface area contributed by atoms with Gasteiger partial charge in [0.05, 0.1) is 18.4 Å². The summed E-state index contributed by atoms with van der Waals surface area (Å²) < 4.78 is 0. The standard InChI is InChI=1S/C17H30N6O2/c1-17(2,3)23-16-19-9-13(14(18)10-20-25)15(22-16)21-11-6-4-5-7-12(24)8-11/h9-12,14,24-25H,4-8,18H2,1-3H3,(H2,19,21,22,23)/b20-10+/t11-,12+,14?/m1/s1. The van der Waals surface area contributed by atoms with Crippen molar-refractivity contribution in [2.45, 2.75) is 76.6 Å². The fourth-order valence-electron chi connectivity index (χ4n) is 2.96. The maximum absolute atomic E-state index is 10.0. The van der Waals surface area contributed by atoms with Gasteiger partial charge in [-0.05, 0) is 40.0 Å². The minimum atomic E-state index is -0.619. The number of aliphatic hydroxyl groups is 1. The predicted octanol–water partition coefficient (Wildman–Crippen LogP) is 2.25. The molecule has 0 amide bonds. The topological polar surface area (TPSA) is 129 Å². The Balaban J connectivity index is 2.27. The van der Waals surface area contributed by atoms with Gasteiger partial charge in [-0.3, -0.25) is 0 Å². The largest absolute Gasteiger partial charge is 0.411 e. The Kier molecular flexibility index (Phi) is 6.55. The third-order valence-corrected chi connectivity index (χ3v) is 4.13. The van der Waals surface area contributed by atoms with Crippen molar-refractivity contribution in [2.75, 3.05) is 10.6 Å². The smallest absolute Gasteiger partial charge is 0.225 e. The van der Waals surface area contributed by atoms with Gasteiger partial charge in [-0.2, -0.15) is 4.98 Å². The van der Waals surface area contributed by atoms with Crippen LogP contribution in [0, 0.1) is 0 Å². The number of nitrogens with two attached hydrogens (primary N) is 1. The number of nitrogens with one attached hydrogen (secondary N) is 2. The quantitative estimate of drug-likeness (QED) is 0.238. The first-order valence-electron chi connectivity index (χ1n) is 8.81.